The Hall–Kier alpha value is -1.10. The summed E-state index contributed by atoms with van der Waals surface area (Å²) in [6.45, 7) is 9.61. The van der Waals surface area contributed by atoms with Crippen molar-refractivity contribution in [1.82, 2.24) is 5.32 Å². The molecule has 0 aromatic heterocycles. The second kappa shape index (κ2) is 7.36. The summed E-state index contributed by atoms with van der Waals surface area (Å²) in [6.07, 6.45) is 0.551. The quantitative estimate of drug-likeness (QED) is 0.729. The van der Waals surface area contributed by atoms with Crippen LogP contribution in [0.2, 0.25) is 0 Å². The summed E-state index contributed by atoms with van der Waals surface area (Å²) < 4.78 is 5.31. The molecule has 1 amide bonds. The second-order valence-corrected chi connectivity index (χ2v) is 5.87. The molecule has 5 heteroatoms. The van der Waals surface area contributed by atoms with Crippen molar-refractivity contribution in [2.24, 2.45) is 11.8 Å². The summed E-state index contributed by atoms with van der Waals surface area (Å²) in [7, 11) is 0. The summed E-state index contributed by atoms with van der Waals surface area (Å²) >= 11 is 0. The van der Waals surface area contributed by atoms with Crippen LogP contribution in [0.1, 0.15) is 41.0 Å². The van der Waals surface area contributed by atoms with E-state index in [0.717, 1.165) is 0 Å². The van der Waals surface area contributed by atoms with Gasteiger partial charge < -0.3 is 15.2 Å². The predicted octanol–water partition coefficient (Wildman–Crippen LogP) is 1.66. The highest BCUT2D eigenvalue weighted by molar-refractivity contribution is 5.78. The van der Waals surface area contributed by atoms with Crippen LogP contribution >= 0.6 is 0 Å². The van der Waals surface area contributed by atoms with E-state index in [-0.39, 0.29) is 30.6 Å². The Bertz CT molecular complexity index is 281. The van der Waals surface area contributed by atoms with Gasteiger partial charge in [-0.15, -0.1) is 0 Å². The molecule has 18 heavy (non-hydrogen) atoms. The maximum absolute atomic E-state index is 11.5. The van der Waals surface area contributed by atoms with Gasteiger partial charge in [0.05, 0.1) is 11.5 Å². The topological polar surface area (TPSA) is 75.6 Å². The van der Waals surface area contributed by atoms with E-state index in [1.165, 1.54) is 0 Å². The monoisotopic (exact) mass is 259 g/mol. The molecular weight excluding hydrogens is 234 g/mol. The number of carbonyl (C=O) groups is 2. The first kappa shape index (κ1) is 16.9. The number of carboxylic acids is 1. The van der Waals surface area contributed by atoms with Crippen molar-refractivity contribution in [3.05, 3.63) is 0 Å². The molecule has 0 saturated carbocycles. The van der Waals surface area contributed by atoms with E-state index in [2.05, 4.69) is 5.32 Å². The van der Waals surface area contributed by atoms with Gasteiger partial charge in [0.25, 0.3) is 0 Å². The van der Waals surface area contributed by atoms with E-state index in [4.69, 9.17) is 9.84 Å². The largest absolute Gasteiger partial charge is 0.481 e. The Labute approximate surface area is 109 Å². The zero-order valence-corrected chi connectivity index (χ0v) is 11.9. The molecule has 0 aliphatic heterocycles. The standard InChI is InChI=1S/C13H25NO4/c1-9(2)6-10(12(16)17)7-14-11(15)8-18-13(3,4)5/h9-10H,6-8H2,1-5H3,(H,14,15)(H,16,17). The molecular formula is C13H25NO4. The minimum absolute atomic E-state index is 0.0441. The van der Waals surface area contributed by atoms with Crippen molar-refractivity contribution in [2.45, 2.75) is 46.6 Å². The van der Waals surface area contributed by atoms with Crippen molar-refractivity contribution in [3.8, 4) is 0 Å². The lowest BCUT2D eigenvalue weighted by Crippen LogP contribution is -2.37. The molecule has 106 valence electrons. The van der Waals surface area contributed by atoms with E-state index in [0.29, 0.717) is 6.42 Å². The van der Waals surface area contributed by atoms with Gasteiger partial charge in [-0.05, 0) is 33.1 Å². The zero-order chi connectivity index (χ0) is 14.3. The van der Waals surface area contributed by atoms with Crippen LogP contribution in [0.3, 0.4) is 0 Å². The van der Waals surface area contributed by atoms with Crippen molar-refractivity contribution in [1.29, 1.82) is 0 Å². The van der Waals surface area contributed by atoms with Gasteiger partial charge >= 0.3 is 5.97 Å². The second-order valence-electron chi connectivity index (χ2n) is 5.87. The zero-order valence-electron chi connectivity index (χ0n) is 11.9. The van der Waals surface area contributed by atoms with Gasteiger partial charge in [0.15, 0.2) is 0 Å². The minimum Gasteiger partial charge on any atom is -0.481 e. The van der Waals surface area contributed by atoms with Gasteiger partial charge in [-0.1, -0.05) is 13.8 Å². The van der Waals surface area contributed by atoms with E-state index in [9.17, 15) is 9.59 Å². The molecule has 2 N–H and O–H groups in total. The molecule has 0 spiro atoms. The van der Waals surface area contributed by atoms with Crippen LogP contribution in [0.25, 0.3) is 0 Å². The Kier molecular flexibility index (Phi) is 6.91. The molecule has 5 nitrogen and oxygen atoms in total. The van der Waals surface area contributed by atoms with E-state index < -0.39 is 11.9 Å². The van der Waals surface area contributed by atoms with Crippen molar-refractivity contribution in [3.63, 3.8) is 0 Å². The SMILES string of the molecule is CC(C)CC(CNC(=O)COC(C)(C)C)C(=O)O. The summed E-state index contributed by atoms with van der Waals surface area (Å²) in [5, 5.41) is 11.6. The summed E-state index contributed by atoms with van der Waals surface area (Å²) in [6, 6.07) is 0. The molecule has 0 bridgehead atoms. The molecule has 0 aliphatic rings. The Morgan fingerprint density at radius 2 is 1.83 bits per heavy atom. The molecule has 0 aliphatic carbocycles. The third-order valence-electron chi connectivity index (χ3n) is 2.29. The van der Waals surface area contributed by atoms with Gasteiger partial charge in [0, 0.05) is 6.54 Å². The normalized spacial score (nSPS) is 13.4. The molecule has 1 unspecified atom stereocenters. The smallest absolute Gasteiger partial charge is 0.308 e. The third kappa shape index (κ3) is 8.98. The minimum atomic E-state index is -0.874. The number of rotatable bonds is 7. The predicted molar refractivity (Wildman–Crippen MR) is 69.3 cm³/mol. The highest BCUT2D eigenvalue weighted by Gasteiger charge is 2.20. The fraction of sp³-hybridized carbons (Fsp3) is 0.846. The average molecular weight is 259 g/mol. The number of hydrogen-bond acceptors (Lipinski definition) is 3. The van der Waals surface area contributed by atoms with Crippen LogP contribution in [0.4, 0.5) is 0 Å². The van der Waals surface area contributed by atoms with Crippen molar-refractivity contribution in [2.75, 3.05) is 13.2 Å². The molecule has 1 atom stereocenters. The lowest BCUT2D eigenvalue weighted by Gasteiger charge is -2.20. The van der Waals surface area contributed by atoms with Crippen LogP contribution in [-0.4, -0.2) is 35.7 Å². The van der Waals surface area contributed by atoms with E-state index in [1.54, 1.807) is 0 Å². The number of nitrogens with one attached hydrogen (secondary N) is 1. The number of ether oxygens (including phenoxy) is 1. The molecule has 0 aromatic carbocycles. The fourth-order valence-corrected chi connectivity index (χ4v) is 1.41. The van der Waals surface area contributed by atoms with Crippen molar-refractivity contribution >= 4 is 11.9 Å². The Balaban J connectivity index is 4.04. The van der Waals surface area contributed by atoms with Crippen LogP contribution in [0.15, 0.2) is 0 Å². The summed E-state index contributed by atoms with van der Waals surface area (Å²) in [5.74, 6) is -1.40. The number of hydrogen-bond donors (Lipinski definition) is 2. The van der Waals surface area contributed by atoms with Gasteiger partial charge in [-0.25, -0.2) is 0 Å². The third-order valence-corrected chi connectivity index (χ3v) is 2.29. The molecule has 0 fully saturated rings. The van der Waals surface area contributed by atoms with Gasteiger partial charge in [-0.2, -0.15) is 0 Å². The van der Waals surface area contributed by atoms with Crippen LogP contribution < -0.4 is 5.32 Å². The summed E-state index contributed by atoms with van der Waals surface area (Å²) in [5.41, 5.74) is -0.374. The highest BCUT2D eigenvalue weighted by atomic mass is 16.5. The first-order valence-electron chi connectivity index (χ1n) is 6.25. The molecule has 0 aromatic rings. The maximum atomic E-state index is 11.5. The first-order valence-corrected chi connectivity index (χ1v) is 6.25. The van der Waals surface area contributed by atoms with Gasteiger partial charge in [-0.3, -0.25) is 9.59 Å². The number of amides is 1. The Morgan fingerprint density at radius 1 is 1.28 bits per heavy atom. The van der Waals surface area contributed by atoms with E-state index in [1.807, 2.05) is 34.6 Å². The van der Waals surface area contributed by atoms with Gasteiger partial charge in [0.1, 0.15) is 6.61 Å². The Morgan fingerprint density at radius 3 is 2.22 bits per heavy atom. The lowest BCUT2D eigenvalue weighted by molar-refractivity contribution is -0.142. The fourth-order valence-electron chi connectivity index (χ4n) is 1.41. The van der Waals surface area contributed by atoms with Crippen LogP contribution in [-0.2, 0) is 14.3 Å². The van der Waals surface area contributed by atoms with E-state index >= 15 is 0 Å². The average Bonchev–Trinajstić information content (AvgIpc) is 2.19. The molecule has 0 saturated heterocycles. The lowest BCUT2D eigenvalue weighted by atomic mass is 9.97. The van der Waals surface area contributed by atoms with Crippen molar-refractivity contribution < 1.29 is 19.4 Å². The first-order chi connectivity index (χ1) is 8.11. The molecule has 0 rings (SSSR count). The number of carboxylic acid groups (broad SMARTS) is 1. The summed E-state index contributed by atoms with van der Waals surface area (Å²) in [4.78, 5) is 22.5. The number of carbonyl (C=O) groups excluding carboxylic acids is 1. The number of aliphatic carboxylic acids is 1. The van der Waals surface area contributed by atoms with Crippen LogP contribution in [0, 0.1) is 11.8 Å². The molecule has 0 heterocycles. The van der Waals surface area contributed by atoms with Gasteiger partial charge in [0.2, 0.25) is 5.91 Å². The van der Waals surface area contributed by atoms with Crippen LogP contribution in [0.5, 0.6) is 0 Å². The molecule has 0 radical (unpaired) electrons. The maximum Gasteiger partial charge on any atom is 0.308 e. The highest BCUT2D eigenvalue weighted by Crippen LogP contribution is 2.11.